The third kappa shape index (κ3) is 1.83. The van der Waals surface area contributed by atoms with Crippen molar-refractivity contribution in [3.8, 4) is 11.3 Å². The van der Waals surface area contributed by atoms with E-state index in [1.807, 2.05) is 6.07 Å². The highest BCUT2D eigenvalue weighted by molar-refractivity contribution is 9.10. The molecule has 0 saturated heterocycles. The number of benzene rings is 2. The van der Waals surface area contributed by atoms with Crippen LogP contribution in [-0.4, -0.2) is 0 Å². The Morgan fingerprint density at radius 1 is 0.889 bits per heavy atom. The minimum absolute atomic E-state index is 1.14. The van der Waals surface area contributed by atoms with Gasteiger partial charge in [-0.1, -0.05) is 40.2 Å². The molecule has 0 radical (unpaired) electrons. The molecule has 0 aliphatic carbocycles. The van der Waals surface area contributed by atoms with Crippen molar-refractivity contribution in [1.82, 2.24) is 0 Å². The summed E-state index contributed by atoms with van der Waals surface area (Å²) in [5, 5.41) is 2.52. The lowest BCUT2D eigenvalue weighted by atomic mass is 10.0. The first-order valence-electron chi connectivity index (χ1n) is 5.89. The fraction of sp³-hybridized carbons (Fsp3) is 0.0625. The average Bonchev–Trinajstić information content (AvgIpc) is 2.39. The Bertz CT molecular complexity index is 714. The molecule has 0 amide bonds. The Labute approximate surface area is 115 Å². The van der Waals surface area contributed by atoms with Gasteiger partial charge >= 0.3 is 0 Å². The zero-order valence-electron chi connectivity index (χ0n) is 10.1. The van der Waals surface area contributed by atoms with E-state index in [0.717, 1.165) is 4.47 Å². The summed E-state index contributed by atoms with van der Waals surface area (Å²) in [7, 11) is 2.07. The van der Waals surface area contributed by atoms with E-state index < -0.39 is 0 Å². The lowest BCUT2D eigenvalue weighted by molar-refractivity contribution is -0.660. The molecule has 1 aromatic heterocycles. The van der Waals surface area contributed by atoms with Crippen molar-refractivity contribution in [3.63, 3.8) is 0 Å². The molecule has 0 N–H and O–H groups in total. The Morgan fingerprint density at radius 3 is 2.44 bits per heavy atom. The van der Waals surface area contributed by atoms with Crippen molar-refractivity contribution in [3.05, 3.63) is 65.3 Å². The molecule has 1 nitrogen and oxygen atoms in total. The van der Waals surface area contributed by atoms with Gasteiger partial charge in [0.05, 0.1) is 5.56 Å². The molecular formula is C16H13BrN+. The van der Waals surface area contributed by atoms with Gasteiger partial charge in [-0.3, -0.25) is 0 Å². The van der Waals surface area contributed by atoms with Gasteiger partial charge in [0.25, 0.3) is 0 Å². The zero-order chi connectivity index (χ0) is 12.5. The highest BCUT2D eigenvalue weighted by atomic mass is 79.9. The first-order valence-corrected chi connectivity index (χ1v) is 6.69. The molecule has 3 aromatic rings. The third-order valence-electron chi connectivity index (χ3n) is 3.18. The largest absolute Gasteiger partial charge is 0.212 e. The van der Waals surface area contributed by atoms with Gasteiger partial charge in [-0.25, -0.2) is 4.57 Å². The summed E-state index contributed by atoms with van der Waals surface area (Å²) in [5.41, 5.74) is 2.47. The maximum Gasteiger partial charge on any atom is 0.212 e. The van der Waals surface area contributed by atoms with Crippen LogP contribution >= 0.6 is 15.9 Å². The van der Waals surface area contributed by atoms with Gasteiger partial charge in [0, 0.05) is 22.0 Å². The van der Waals surface area contributed by atoms with E-state index >= 15 is 0 Å². The smallest absolute Gasteiger partial charge is 0.201 e. The maximum absolute atomic E-state index is 3.66. The Balaban J connectivity index is 2.40. The lowest BCUT2D eigenvalue weighted by Gasteiger charge is -2.06. The highest BCUT2D eigenvalue weighted by Crippen LogP contribution is 2.32. The van der Waals surface area contributed by atoms with E-state index in [2.05, 4.69) is 82.3 Å². The standard InChI is InChI=1S/C16H13BrN/c1-18-11-3-2-10-15(18)13-8-4-6-12-7-5-9-14(17)16(12)13/h2-11H,1H3/q+1. The summed E-state index contributed by atoms with van der Waals surface area (Å²) >= 11 is 3.66. The fourth-order valence-electron chi connectivity index (χ4n) is 2.31. The normalized spacial score (nSPS) is 10.8. The molecule has 88 valence electrons. The quantitative estimate of drug-likeness (QED) is 0.596. The molecular weight excluding hydrogens is 286 g/mol. The van der Waals surface area contributed by atoms with Gasteiger partial charge in [0.2, 0.25) is 5.69 Å². The second kappa shape index (κ2) is 4.54. The van der Waals surface area contributed by atoms with Crippen molar-refractivity contribution in [1.29, 1.82) is 0 Å². The summed E-state index contributed by atoms with van der Waals surface area (Å²) in [4.78, 5) is 0. The molecule has 0 saturated carbocycles. The second-order valence-electron chi connectivity index (χ2n) is 4.34. The van der Waals surface area contributed by atoms with Crippen molar-refractivity contribution in [2.24, 2.45) is 7.05 Å². The van der Waals surface area contributed by atoms with Crippen LogP contribution in [0.2, 0.25) is 0 Å². The summed E-state index contributed by atoms with van der Waals surface area (Å²) < 4.78 is 3.29. The molecule has 3 rings (SSSR count). The van der Waals surface area contributed by atoms with Gasteiger partial charge in [0.15, 0.2) is 6.20 Å². The number of nitrogens with zero attached hydrogens (tertiary/aromatic N) is 1. The molecule has 0 atom stereocenters. The maximum atomic E-state index is 3.66. The topological polar surface area (TPSA) is 3.88 Å². The van der Waals surface area contributed by atoms with Crippen LogP contribution < -0.4 is 4.57 Å². The molecule has 18 heavy (non-hydrogen) atoms. The van der Waals surface area contributed by atoms with Gasteiger partial charge < -0.3 is 0 Å². The van der Waals surface area contributed by atoms with Crippen molar-refractivity contribution >= 4 is 26.7 Å². The monoisotopic (exact) mass is 298 g/mol. The fourth-order valence-corrected chi connectivity index (χ4v) is 2.91. The van der Waals surface area contributed by atoms with Gasteiger partial charge in [-0.2, -0.15) is 0 Å². The third-order valence-corrected chi connectivity index (χ3v) is 3.85. The van der Waals surface area contributed by atoms with Crippen LogP contribution in [0.1, 0.15) is 0 Å². The Hall–Kier alpha value is -1.67. The predicted octanol–water partition coefficient (Wildman–Crippen LogP) is 4.09. The summed E-state index contributed by atoms with van der Waals surface area (Å²) in [6.45, 7) is 0. The van der Waals surface area contributed by atoms with Crippen LogP contribution in [0.3, 0.4) is 0 Å². The van der Waals surface area contributed by atoms with E-state index in [-0.39, 0.29) is 0 Å². The summed E-state index contributed by atoms with van der Waals surface area (Å²) in [6.07, 6.45) is 2.07. The van der Waals surface area contributed by atoms with Crippen LogP contribution in [0.4, 0.5) is 0 Å². The molecule has 0 unspecified atom stereocenters. The SMILES string of the molecule is C[n+]1ccccc1-c1cccc2cccc(Br)c12. The number of fused-ring (bicyclic) bond motifs is 1. The second-order valence-corrected chi connectivity index (χ2v) is 5.19. The van der Waals surface area contributed by atoms with Crippen molar-refractivity contribution in [2.75, 3.05) is 0 Å². The summed E-state index contributed by atoms with van der Waals surface area (Å²) in [5.74, 6) is 0. The van der Waals surface area contributed by atoms with E-state index in [9.17, 15) is 0 Å². The van der Waals surface area contributed by atoms with Gasteiger partial charge in [0.1, 0.15) is 7.05 Å². The van der Waals surface area contributed by atoms with Crippen molar-refractivity contribution < 1.29 is 4.57 Å². The average molecular weight is 299 g/mol. The van der Waals surface area contributed by atoms with Crippen LogP contribution in [0, 0.1) is 0 Å². The van der Waals surface area contributed by atoms with Crippen LogP contribution in [0.15, 0.2) is 65.3 Å². The number of hydrogen-bond acceptors (Lipinski definition) is 0. The van der Waals surface area contributed by atoms with E-state index in [4.69, 9.17) is 0 Å². The first kappa shape index (κ1) is 11.4. The highest BCUT2D eigenvalue weighted by Gasteiger charge is 2.13. The minimum atomic E-state index is 1.14. The molecule has 0 fully saturated rings. The number of aryl methyl sites for hydroxylation is 1. The molecule has 2 aromatic carbocycles. The molecule has 0 bridgehead atoms. The number of halogens is 1. The van der Waals surface area contributed by atoms with Crippen LogP contribution in [0.5, 0.6) is 0 Å². The Kier molecular flexibility index (Phi) is 2.88. The first-order chi connectivity index (χ1) is 8.77. The van der Waals surface area contributed by atoms with Gasteiger partial charge in [-0.15, -0.1) is 0 Å². The van der Waals surface area contributed by atoms with E-state index in [0.29, 0.717) is 0 Å². The number of aromatic nitrogens is 1. The predicted molar refractivity (Wildman–Crippen MR) is 78.3 cm³/mol. The molecule has 0 aliphatic heterocycles. The van der Waals surface area contributed by atoms with Crippen LogP contribution in [-0.2, 0) is 7.05 Å². The molecule has 1 heterocycles. The van der Waals surface area contributed by atoms with Gasteiger partial charge in [-0.05, 0) is 23.6 Å². The number of pyridine rings is 1. The number of hydrogen-bond donors (Lipinski definition) is 0. The Morgan fingerprint density at radius 2 is 1.67 bits per heavy atom. The van der Waals surface area contributed by atoms with E-state index in [1.54, 1.807) is 0 Å². The number of rotatable bonds is 1. The summed E-state index contributed by atoms with van der Waals surface area (Å²) in [6, 6.07) is 19.0. The van der Waals surface area contributed by atoms with E-state index in [1.165, 1.54) is 22.0 Å². The molecule has 0 aliphatic rings. The molecule has 0 spiro atoms. The lowest BCUT2D eigenvalue weighted by Crippen LogP contribution is -2.29. The minimum Gasteiger partial charge on any atom is -0.201 e. The van der Waals surface area contributed by atoms with Crippen LogP contribution in [0.25, 0.3) is 22.0 Å². The van der Waals surface area contributed by atoms with Crippen molar-refractivity contribution in [2.45, 2.75) is 0 Å². The molecule has 2 heteroatoms. The zero-order valence-corrected chi connectivity index (χ0v) is 11.7.